The lowest BCUT2D eigenvalue weighted by Gasteiger charge is -2.13. The number of thiazole rings is 1. The van der Waals surface area contributed by atoms with E-state index in [1.807, 2.05) is 18.2 Å². The van der Waals surface area contributed by atoms with Gasteiger partial charge < -0.3 is 10.1 Å². The molecule has 3 aromatic carbocycles. The van der Waals surface area contributed by atoms with Crippen LogP contribution in [0, 0.1) is 6.92 Å². The van der Waals surface area contributed by atoms with E-state index in [2.05, 4.69) is 61.6 Å². The van der Waals surface area contributed by atoms with E-state index in [0.29, 0.717) is 18.2 Å². The molecule has 0 fully saturated rings. The van der Waals surface area contributed by atoms with Crippen LogP contribution >= 0.6 is 22.9 Å². The van der Waals surface area contributed by atoms with Gasteiger partial charge in [0.25, 0.3) is 0 Å². The number of anilines is 1. The third kappa shape index (κ3) is 4.72. The molecule has 4 aromatic rings. The van der Waals surface area contributed by atoms with Crippen LogP contribution in [0.4, 0.5) is 5.69 Å². The molecule has 0 atom stereocenters. The highest BCUT2D eigenvalue weighted by Gasteiger charge is 2.08. The highest BCUT2D eigenvalue weighted by Crippen LogP contribution is 2.31. The van der Waals surface area contributed by atoms with Crippen molar-refractivity contribution < 1.29 is 4.74 Å². The second kappa shape index (κ2) is 8.85. The molecule has 0 bridgehead atoms. The van der Waals surface area contributed by atoms with Crippen molar-refractivity contribution in [2.24, 2.45) is 0 Å². The summed E-state index contributed by atoms with van der Waals surface area (Å²) in [5.41, 5.74) is 5.54. The minimum atomic E-state index is 0.652. The molecule has 1 heterocycles. The Balaban J connectivity index is 1.48. The van der Waals surface area contributed by atoms with Gasteiger partial charge in [0, 0.05) is 28.4 Å². The first-order valence-corrected chi connectivity index (χ1v) is 10.9. The Morgan fingerprint density at radius 3 is 2.66 bits per heavy atom. The molecule has 0 amide bonds. The van der Waals surface area contributed by atoms with Crippen LogP contribution < -0.4 is 10.1 Å². The quantitative estimate of drug-likeness (QED) is 0.338. The lowest BCUT2D eigenvalue weighted by molar-refractivity contribution is 0.314. The van der Waals surface area contributed by atoms with Gasteiger partial charge in [0.15, 0.2) is 0 Å². The smallest absolute Gasteiger partial charge is 0.124 e. The van der Waals surface area contributed by atoms with E-state index in [4.69, 9.17) is 21.3 Å². The second-order valence-corrected chi connectivity index (χ2v) is 8.49. The number of hydrogen-bond acceptors (Lipinski definition) is 4. The standard InChI is InChI=1S/C24H23ClN2OS/c1-3-12-28-22-11-7-19(25)14-18(22)15-26-20-8-5-17(6-9-20)24-27-21-10-4-16(2)13-23(21)29-24/h4-11,13-14,26H,3,12,15H2,1-2H3. The molecule has 3 nitrogen and oxygen atoms in total. The molecule has 5 heteroatoms. The van der Waals surface area contributed by atoms with Crippen LogP contribution in [-0.2, 0) is 6.54 Å². The molecule has 29 heavy (non-hydrogen) atoms. The molecule has 0 aliphatic rings. The number of rotatable bonds is 7. The summed E-state index contributed by atoms with van der Waals surface area (Å²) in [4.78, 5) is 4.76. The monoisotopic (exact) mass is 422 g/mol. The number of aryl methyl sites for hydroxylation is 1. The molecule has 148 valence electrons. The minimum absolute atomic E-state index is 0.652. The average molecular weight is 423 g/mol. The highest BCUT2D eigenvalue weighted by molar-refractivity contribution is 7.21. The van der Waals surface area contributed by atoms with Gasteiger partial charge in [-0.3, -0.25) is 0 Å². The molecule has 4 rings (SSSR count). The maximum absolute atomic E-state index is 6.18. The van der Waals surface area contributed by atoms with Gasteiger partial charge in [-0.1, -0.05) is 24.6 Å². The molecule has 1 N–H and O–H groups in total. The lowest BCUT2D eigenvalue weighted by atomic mass is 10.1. The van der Waals surface area contributed by atoms with Crippen LogP contribution in [0.25, 0.3) is 20.8 Å². The lowest BCUT2D eigenvalue weighted by Crippen LogP contribution is -2.04. The van der Waals surface area contributed by atoms with Gasteiger partial charge >= 0.3 is 0 Å². The molecular weight excluding hydrogens is 400 g/mol. The Kier molecular flexibility index (Phi) is 6.02. The van der Waals surface area contributed by atoms with E-state index >= 15 is 0 Å². The topological polar surface area (TPSA) is 34.1 Å². The van der Waals surface area contributed by atoms with Crippen molar-refractivity contribution in [2.75, 3.05) is 11.9 Å². The van der Waals surface area contributed by atoms with Crippen LogP contribution in [0.3, 0.4) is 0 Å². The minimum Gasteiger partial charge on any atom is -0.493 e. The maximum Gasteiger partial charge on any atom is 0.124 e. The van der Waals surface area contributed by atoms with Crippen molar-refractivity contribution in [2.45, 2.75) is 26.8 Å². The summed E-state index contributed by atoms with van der Waals surface area (Å²) >= 11 is 7.90. The van der Waals surface area contributed by atoms with Gasteiger partial charge in [-0.2, -0.15) is 0 Å². The first-order valence-electron chi connectivity index (χ1n) is 9.75. The number of nitrogens with one attached hydrogen (secondary N) is 1. The van der Waals surface area contributed by atoms with E-state index in [9.17, 15) is 0 Å². The fourth-order valence-corrected chi connectivity index (χ4v) is 4.39. The Labute approximate surface area is 180 Å². The summed E-state index contributed by atoms with van der Waals surface area (Å²) in [6, 6.07) is 20.5. The molecule has 0 aliphatic carbocycles. The van der Waals surface area contributed by atoms with Crippen molar-refractivity contribution in [3.8, 4) is 16.3 Å². The van der Waals surface area contributed by atoms with Crippen LogP contribution in [0.2, 0.25) is 5.02 Å². The molecular formula is C24H23ClN2OS. The average Bonchev–Trinajstić information content (AvgIpc) is 3.15. The summed E-state index contributed by atoms with van der Waals surface area (Å²) in [7, 11) is 0. The van der Waals surface area contributed by atoms with Crippen LogP contribution in [0.5, 0.6) is 5.75 Å². The number of benzene rings is 3. The number of fused-ring (bicyclic) bond motifs is 1. The van der Waals surface area contributed by atoms with Crippen LogP contribution in [-0.4, -0.2) is 11.6 Å². The zero-order valence-corrected chi connectivity index (χ0v) is 18.1. The van der Waals surface area contributed by atoms with E-state index < -0.39 is 0 Å². The maximum atomic E-state index is 6.18. The first-order chi connectivity index (χ1) is 14.1. The summed E-state index contributed by atoms with van der Waals surface area (Å²) in [5.74, 6) is 0.880. The third-order valence-electron chi connectivity index (χ3n) is 4.64. The normalized spacial score (nSPS) is 11.0. The fourth-order valence-electron chi connectivity index (χ4n) is 3.12. The number of halogens is 1. The Bertz CT molecular complexity index is 1120. The summed E-state index contributed by atoms with van der Waals surface area (Å²) < 4.78 is 7.06. The molecule has 1 aromatic heterocycles. The Morgan fingerprint density at radius 1 is 1.03 bits per heavy atom. The number of aromatic nitrogens is 1. The van der Waals surface area contributed by atoms with Gasteiger partial charge in [0.2, 0.25) is 0 Å². The van der Waals surface area contributed by atoms with Crippen molar-refractivity contribution in [3.05, 3.63) is 76.8 Å². The second-order valence-electron chi connectivity index (χ2n) is 7.02. The zero-order chi connectivity index (χ0) is 20.2. The van der Waals surface area contributed by atoms with E-state index in [-0.39, 0.29) is 0 Å². The van der Waals surface area contributed by atoms with Gasteiger partial charge in [-0.25, -0.2) is 4.98 Å². The SMILES string of the molecule is CCCOc1ccc(Cl)cc1CNc1ccc(-c2nc3ccc(C)cc3s2)cc1. The largest absolute Gasteiger partial charge is 0.493 e. The van der Waals surface area contributed by atoms with Gasteiger partial charge in [0.1, 0.15) is 10.8 Å². The molecule has 0 unspecified atom stereocenters. The molecule has 0 saturated heterocycles. The van der Waals surface area contributed by atoms with Crippen LogP contribution in [0.15, 0.2) is 60.7 Å². The van der Waals surface area contributed by atoms with Gasteiger partial charge in [-0.05, 0) is 73.5 Å². The van der Waals surface area contributed by atoms with E-state index in [1.54, 1.807) is 11.3 Å². The predicted molar refractivity (Wildman–Crippen MR) is 124 cm³/mol. The van der Waals surface area contributed by atoms with Crippen molar-refractivity contribution in [1.82, 2.24) is 4.98 Å². The third-order valence-corrected chi connectivity index (χ3v) is 5.95. The van der Waals surface area contributed by atoms with Crippen molar-refractivity contribution in [3.63, 3.8) is 0 Å². The number of hydrogen-bond donors (Lipinski definition) is 1. The van der Waals surface area contributed by atoms with Crippen molar-refractivity contribution in [1.29, 1.82) is 0 Å². The molecule has 0 radical (unpaired) electrons. The van der Waals surface area contributed by atoms with Crippen LogP contribution in [0.1, 0.15) is 24.5 Å². The Morgan fingerprint density at radius 2 is 1.86 bits per heavy atom. The van der Waals surface area contributed by atoms with Gasteiger partial charge in [0.05, 0.1) is 16.8 Å². The molecule has 0 spiro atoms. The summed E-state index contributed by atoms with van der Waals surface area (Å²) in [6.45, 7) is 5.56. The zero-order valence-electron chi connectivity index (χ0n) is 16.5. The molecule has 0 aliphatic heterocycles. The summed E-state index contributed by atoms with van der Waals surface area (Å²) in [5, 5.41) is 5.22. The molecule has 0 saturated carbocycles. The van der Waals surface area contributed by atoms with Gasteiger partial charge in [-0.15, -0.1) is 11.3 Å². The van der Waals surface area contributed by atoms with E-state index in [1.165, 1.54) is 10.3 Å². The van der Waals surface area contributed by atoms with Crippen molar-refractivity contribution >= 4 is 38.8 Å². The highest BCUT2D eigenvalue weighted by atomic mass is 35.5. The Hall–Kier alpha value is -2.56. The first kappa shape index (κ1) is 19.7. The predicted octanol–water partition coefficient (Wildman–Crippen LogP) is 7.33. The van der Waals surface area contributed by atoms with E-state index in [0.717, 1.165) is 39.5 Å². The number of ether oxygens (including phenoxy) is 1. The summed E-state index contributed by atoms with van der Waals surface area (Å²) in [6.07, 6.45) is 0.974. The number of nitrogens with zero attached hydrogens (tertiary/aromatic N) is 1. The fraction of sp³-hybridized carbons (Fsp3) is 0.208.